The number of halogens is 1. The molecule has 5 nitrogen and oxygen atoms in total. The Labute approximate surface area is 195 Å². The second kappa shape index (κ2) is 10.1. The van der Waals surface area contributed by atoms with Gasteiger partial charge in [0.2, 0.25) is 5.91 Å². The predicted octanol–water partition coefficient (Wildman–Crippen LogP) is 5.60. The third-order valence-corrected chi connectivity index (χ3v) is 7.02. The van der Waals surface area contributed by atoms with Crippen LogP contribution in [-0.2, 0) is 14.9 Å². The average molecular weight is 458 g/mol. The molecule has 1 N–H and O–H groups in total. The van der Waals surface area contributed by atoms with Gasteiger partial charge in [0.15, 0.2) is 11.5 Å². The molecule has 2 aliphatic rings. The van der Waals surface area contributed by atoms with Crippen molar-refractivity contribution in [3.05, 3.63) is 58.6 Å². The minimum absolute atomic E-state index is 0.000755. The van der Waals surface area contributed by atoms with Crippen LogP contribution in [0, 0.1) is 0 Å². The van der Waals surface area contributed by atoms with Crippen LogP contribution < -0.4 is 14.8 Å². The van der Waals surface area contributed by atoms with Crippen LogP contribution in [0.15, 0.2) is 42.5 Å². The van der Waals surface area contributed by atoms with Gasteiger partial charge in [-0.1, -0.05) is 29.8 Å². The molecule has 2 fully saturated rings. The van der Waals surface area contributed by atoms with Crippen LogP contribution in [0.1, 0.15) is 62.6 Å². The molecule has 0 spiro atoms. The minimum Gasteiger partial charge on any atom is -0.493 e. The van der Waals surface area contributed by atoms with Gasteiger partial charge in [-0.05, 0) is 80.8 Å². The Morgan fingerprint density at radius 1 is 1.12 bits per heavy atom. The monoisotopic (exact) mass is 457 g/mol. The van der Waals surface area contributed by atoms with Crippen LogP contribution in [0.2, 0.25) is 5.02 Å². The SMILES string of the molecule is COc1cc(C(C)NC(=O)C2(c3cccc(Cl)c3)CCOCC2)ccc1OC1CCCC1. The number of benzene rings is 2. The van der Waals surface area contributed by atoms with Crippen molar-refractivity contribution in [3.8, 4) is 11.5 Å². The van der Waals surface area contributed by atoms with E-state index in [1.807, 2.05) is 49.4 Å². The number of carbonyl (C=O) groups excluding carboxylic acids is 1. The van der Waals surface area contributed by atoms with E-state index in [2.05, 4.69) is 5.32 Å². The van der Waals surface area contributed by atoms with E-state index in [1.54, 1.807) is 7.11 Å². The maximum absolute atomic E-state index is 13.6. The summed E-state index contributed by atoms with van der Waals surface area (Å²) in [6, 6.07) is 13.4. The molecule has 1 aliphatic heterocycles. The van der Waals surface area contributed by atoms with Crippen molar-refractivity contribution in [3.63, 3.8) is 0 Å². The van der Waals surface area contributed by atoms with Crippen molar-refractivity contribution in [1.29, 1.82) is 0 Å². The predicted molar refractivity (Wildman–Crippen MR) is 126 cm³/mol. The Morgan fingerprint density at radius 2 is 1.88 bits per heavy atom. The van der Waals surface area contributed by atoms with E-state index in [1.165, 1.54) is 12.8 Å². The van der Waals surface area contributed by atoms with E-state index in [0.717, 1.165) is 29.7 Å². The Hall–Kier alpha value is -2.24. The molecule has 4 rings (SSSR count). The third-order valence-electron chi connectivity index (χ3n) is 6.79. The molecule has 1 saturated carbocycles. The Bertz CT molecular complexity index is 935. The summed E-state index contributed by atoms with van der Waals surface area (Å²) in [6.07, 6.45) is 6.13. The van der Waals surface area contributed by atoms with Crippen LogP contribution >= 0.6 is 11.6 Å². The molecule has 0 bridgehead atoms. The van der Waals surface area contributed by atoms with Gasteiger partial charge in [-0.15, -0.1) is 0 Å². The first kappa shape index (κ1) is 22.9. The zero-order valence-electron chi connectivity index (χ0n) is 18.9. The topological polar surface area (TPSA) is 56.8 Å². The lowest BCUT2D eigenvalue weighted by molar-refractivity contribution is -0.131. The molecule has 0 radical (unpaired) electrons. The number of ether oxygens (including phenoxy) is 3. The zero-order valence-corrected chi connectivity index (χ0v) is 19.6. The molecule has 1 saturated heterocycles. The van der Waals surface area contributed by atoms with E-state index < -0.39 is 5.41 Å². The van der Waals surface area contributed by atoms with Crippen LogP contribution in [0.25, 0.3) is 0 Å². The van der Waals surface area contributed by atoms with Gasteiger partial charge in [-0.25, -0.2) is 0 Å². The molecule has 2 aromatic rings. The number of hydrogen-bond donors (Lipinski definition) is 1. The van der Waals surface area contributed by atoms with Crippen LogP contribution in [-0.4, -0.2) is 32.3 Å². The molecule has 172 valence electrons. The summed E-state index contributed by atoms with van der Waals surface area (Å²) < 4.78 is 17.3. The summed E-state index contributed by atoms with van der Waals surface area (Å²) in [5.41, 5.74) is 1.27. The van der Waals surface area contributed by atoms with E-state index in [-0.39, 0.29) is 18.1 Å². The molecule has 1 amide bonds. The van der Waals surface area contributed by atoms with E-state index in [0.29, 0.717) is 36.8 Å². The molecule has 0 aromatic heterocycles. The first-order valence-electron chi connectivity index (χ1n) is 11.5. The van der Waals surface area contributed by atoms with E-state index >= 15 is 0 Å². The number of amides is 1. The lowest BCUT2D eigenvalue weighted by atomic mass is 9.73. The van der Waals surface area contributed by atoms with Crippen molar-refractivity contribution < 1.29 is 19.0 Å². The quantitative estimate of drug-likeness (QED) is 0.588. The highest BCUT2D eigenvalue weighted by Crippen LogP contribution is 2.38. The van der Waals surface area contributed by atoms with Gasteiger partial charge in [0.05, 0.1) is 24.7 Å². The van der Waals surface area contributed by atoms with Gasteiger partial charge in [-0.2, -0.15) is 0 Å². The standard InChI is InChI=1S/C26H32ClNO4/c1-18(19-10-11-23(24(16-19)30-2)32-22-8-3-4-9-22)28-25(29)26(12-14-31-15-13-26)20-6-5-7-21(27)17-20/h5-7,10-11,16-18,22H,3-4,8-9,12-15H2,1-2H3,(H,28,29). The first-order chi connectivity index (χ1) is 15.5. The van der Waals surface area contributed by atoms with Crippen molar-refractivity contribution in [2.75, 3.05) is 20.3 Å². The molecule has 2 aromatic carbocycles. The fraction of sp³-hybridized carbons (Fsp3) is 0.500. The second-order valence-electron chi connectivity index (χ2n) is 8.83. The third kappa shape index (κ3) is 4.89. The minimum atomic E-state index is -0.646. The smallest absolute Gasteiger partial charge is 0.231 e. The lowest BCUT2D eigenvalue weighted by Gasteiger charge is -2.37. The normalized spacial score (nSPS) is 19.3. The average Bonchev–Trinajstić information content (AvgIpc) is 3.33. The molecule has 32 heavy (non-hydrogen) atoms. The summed E-state index contributed by atoms with van der Waals surface area (Å²) in [5, 5.41) is 3.87. The first-order valence-corrected chi connectivity index (χ1v) is 11.9. The van der Waals surface area contributed by atoms with Gasteiger partial charge in [0.1, 0.15) is 0 Å². The molecule has 1 unspecified atom stereocenters. The zero-order chi connectivity index (χ0) is 22.6. The highest BCUT2D eigenvalue weighted by Gasteiger charge is 2.42. The molecule has 1 atom stereocenters. The van der Waals surface area contributed by atoms with Crippen molar-refractivity contribution in [2.24, 2.45) is 0 Å². The Balaban J connectivity index is 1.52. The molecule has 1 heterocycles. The number of hydrogen-bond acceptors (Lipinski definition) is 4. The highest BCUT2D eigenvalue weighted by atomic mass is 35.5. The Morgan fingerprint density at radius 3 is 2.56 bits per heavy atom. The molecule has 1 aliphatic carbocycles. The van der Waals surface area contributed by atoms with E-state index in [9.17, 15) is 4.79 Å². The van der Waals surface area contributed by atoms with Crippen molar-refractivity contribution in [2.45, 2.75) is 63.0 Å². The van der Waals surface area contributed by atoms with Crippen molar-refractivity contribution in [1.82, 2.24) is 5.32 Å². The van der Waals surface area contributed by atoms with Crippen molar-refractivity contribution >= 4 is 17.5 Å². The van der Waals surface area contributed by atoms with Gasteiger partial charge < -0.3 is 19.5 Å². The largest absolute Gasteiger partial charge is 0.493 e. The van der Waals surface area contributed by atoms with Gasteiger partial charge in [0.25, 0.3) is 0 Å². The maximum Gasteiger partial charge on any atom is 0.231 e. The molecular formula is C26H32ClNO4. The van der Waals surface area contributed by atoms with Gasteiger partial charge in [-0.3, -0.25) is 4.79 Å². The maximum atomic E-state index is 13.6. The summed E-state index contributed by atoms with van der Waals surface area (Å²) >= 11 is 6.25. The van der Waals surface area contributed by atoms with Crippen LogP contribution in [0.5, 0.6) is 11.5 Å². The fourth-order valence-electron chi connectivity index (χ4n) is 4.81. The summed E-state index contributed by atoms with van der Waals surface area (Å²) in [5.74, 6) is 1.47. The number of rotatable bonds is 7. The Kier molecular flexibility index (Phi) is 7.27. The summed E-state index contributed by atoms with van der Waals surface area (Å²) in [4.78, 5) is 13.6. The lowest BCUT2D eigenvalue weighted by Crippen LogP contribution is -2.48. The van der Waals surface area contributed by atoms with Crippen LogP contribution in [0.3, 0.4) is 0 Å². The number of methoxy groups -OCH3 is 1. The van der Waals surface area contributed by atoms with Gasteiger partial charge in [0, 0.05) is 18.2 Å². The number of carbonyl (C=O) groups is 1. The van der Waals surface area contributed by atoms with Crippen LogP contribution in [0.4, 0.5) is 0 Å². The van der Waals surface area contributed by atoms with Gasteiger partial charge >= 0.3 is 0 Å². The highest BCUT2D eigenvalue weighted by molar-refractivity contribution is 6.30. The second-order valence-corrected chi connectivity index (χ2v) is 9.27. The molecular weight excluding hydrogens is 426 g/mol. The fourth-order valence-corrected chi connectivity index (χ4v) is 5.00. The summed E-state index contributed by atoms with van der Waals surface area (Å²) in [6.45, 7) is 3.10. The van der Waals surface area contributed by atoms with E-state index in [4.69, 9.17) is 25.8 Å². The summed E-state index contributed by atoms with van der Waals surface area (Å²) in [7, 11) is 1.65. The number of nitrogens with one attached hydrogen (secondary N) is 1. The molecule has 6 heteroatoms.